The van der Waals surface area contributed by atoms with Crippen molar-refractivity contribution in [2.24, 2.45) is 5.92 Å². The molecule has 2 aromatic carbocycles. The van der Waals surface area contributed by atoms with E-state index in [0.29, 0.717) is 0 Å². The molecule has 134 valence electrons. The molecular weight excluding hydrogens is 310 g/mol. The number of nitrogen functional groups attached to an aromatic ring is 1. The van der Waals surface area contributed by atoms with E-state index in [-0.39, 0.29) is 11.8 Å². The van der Waals surface area contributed by atoms with Gasteiger partial charge in [-0.25, -0.2) is 0 Å². The van der Waals surface area contributed by atoms with Crippen LogP contribution >= 0.6 is 0 Å². The molecule has 0 radical (unpaired) electrons. The van der Waals surface area contributed by atoms with E-state index in [1.165, 1.54) is 0 Å². The van der Waals surface area contributed by atoms with Crippen LogP contribution in [0.15, 0.2) is 48.5 Å². The zero-order valence-electron chi connectivity index (χ0n) is 15.5. The summed E-state index contributed by atoms with van der Waals surface area (Å²) < 4.78 is 0. The van der Waals surface area contributed by atoms with Crippen LogP contribution in [0.4, 0.5) is 11.4 Å². The lowest BCUT2D eigenvalue weighted by Gasteiger charge is -2.28. The summed E-state index contributed by atoms with van der Waals surface area (Å²) in [7, 11) is 2.08. The normalized spacial score (nSPS) is 17.3. The van der Waals surface area contributed by atoms with Crippen molar-refractivity contribution in [1.29, 1.82) is 0 Å². The summed E-state index contributed by atoms with van der Waals surface area (Å²) in [5.74, 6) is 0.291. The highest BCUT2D eigenvalue weighted by atomic mass is 16.1. The third-order valence-corrected chi connectivity index (χ3v) is 4.59. The second-order valence-corrected chi connectivity index (χ2v) is 6.76. The number of nitrogens with two attached hydrogens (primary N) is 1. The molecular formula is C21H29N3O. The molecule has 2 aromatic rings. The zero-order chi connectivity index (χ0) is 18.2. The highest BCUT2D eigenvalue weighted by molar-refractivity contribution is 5.93. The molecule has 25 heavy (non-hydrogen) atoms. The number of hydrogen-bond donors (Lipinski definition) is 2. The van der Waals surface area contributed by atoms with Crippen LogP contribution in [0.3, 0.4) is 0 Å². The summed E-state index contributed by atoms with van der Waals surface area (Å²) in [6, 6.07) is 15.7. The van der Waals surface area contributed by atoms with E-state index in [4.69, 9.17) is 5.73 Å². The Balaban J connectivity index is 0.000000236. The van der Waals surface area contributed by atoms with E-state index in [2.05, 4.69) is 17.3 Å². The maximum absolute atomic E-state index is 12.1. The van der Waals surface area contributed by atoms with Crippen molar-refractivity contribution in [2.45, 2.75) is 26.7 Å². The highest BCUT2D eigenvalue weighted by Gasteiger charge is 2.23. The van der Waals surface area contributed by atoms with E-state index in [0.717, 1.165) is 48.4 Å². The summed E-state index contributed by atoms with van der Waals surface area (Å²) in [4.78, 5) is 14.4. The molecule has 0 spiro atoms. The summed E-state index contributed by atoms with van der Waals surface area (Å²) in [5.41, 5.74) is 9.59. The Morgan fingerprint density at radius 2 is 1.72 bits per heavy atom. The fraction of sp³-hybridized carbons (Fsp3) is 0.381. The maximum Gasteiger partial charge on any atom is 0.228 e. The van der Waals surface area contributed by atoms with Crippen molar-refractivity contribution in [3.05, 3.63) is 59.7 Å². The number of aryl methyl sites for hydroxylation is 2. The first-order valence-electron chi connectivity index (χ1n) is 8.83. The molecule has 1 aliphatic heterocycles. The first-order chi connectivity index (χ1) is 12.0. The number of rotatable bonds is 2. The fourth-order valence-electron chi connectivity index (χ4n) is 2.92. The van der Waals surface area contributed by atoms with Crippen molar-refractivity contribution in [3.8, 4) is 0 Å². The molecule has 0 saturated carbocycles. The largest absolute Gasteiger partial charge is 0.399 e. The van der Waals surface area contributed by atoms with Gasteiger partial charge in [-0.1, -0.05) is 36.4 Å². The number of nitrogens with one attached hydrogen (secondary N) is 1. The van der Waals surface area contributed by atoms with Gasteiger partial charge >= 0.3 is 0 Å². The van der Waals surface area contributed by atoms with Crippen LogP contribution in [0.2, 0.25) is 0 Å². The van der Waals surface area contributed by atoms with Gasteiger partial charge in [-0.05, 0) is 63.5 Å². The van der Waals surface area contributed by atoms with Crippen molar-refractivity contribution in [3.63, 3.8) is 0 Å². The molecule has 4 heteroatoms. The number of hydrogen-bond acceptors (Lipinski definition) is 3. The zero-order valence-corrected chi connectivity index (χ0v) is 15.5. The van der Waals surface area contributed by atoms with Gasteiger partial charge in [0.15, 0.2) is 0 Å². The fourth-order valence-corrected chi connectivity index (χ4v) is 2.92. The summed E-state index contributed by atoms with van der Waals surface area (Å²) in [6.07, 6.45) is 2.12. The molecule has 1 aliphatic rings. The van der Waals surface area contributed by atoms with Crippen LogP contribution in [0.5, 0.6) is 0 Å². The van der Waals surface area contributed by atoms with Gasteiger partial charge in [0.25, 0.3) is 0 Å². The average molecular weight is 339 g/mol. The standard InChI is InChI=1S/C14H20N2O.C7H9N/c1-11-6-3-4-8-13(11)15-14(17)12-7-5-9-16(2)10-12;1-6-4-2-3-5-7(6)8/h3-4,6,8,12H,5,7,9-10H2,1-2H3,(H,15,17);2-5H,8H2,1H3. The average Bonchev–Trinajstić information content (AvgIpc) is 2.60. The number of amides is 1. The summed E-state index contributed by atoms with van der Waals surface area (Å²) >= 11 is 0. The van der Waals surface area contributed by atoms with Gasteiger partial charge in [-0.2, -0.15) is 0 Å². The third-order valence-electron chi connectivity index (χ3n) is 4.59. The van der Waals surface area contributed by atoms with Gasteiger partial charge in [-0.15, -0.1) is 0 Å². The lowest BCUT2D eigenvalue weighted by molar-refractivity contribution is -0.121. The van der Waals surface area contributed by atoms with E-state index in [1.54, 1.807) is 0 Å². The predicted molar refractivity (Wildman–Crippen MR) is 106 cm³/mol. The van der Waals surface area contributed by atoms with E-state index < -0.39 is 0 Å². The Morgan fingerprint density at radius 3 is 2.28 bits per heavy atom. The Hall–Kier alpha value is -2.33. The van der Waals surface area contributed by atoms with E-state index in [1.807, 2.05) is 62.4 Å². The molecule has 3 N–H and O–H groups in total. The van der Waals surface area contributed by atoms with Gasteiger partial charge < -0.3 is 16.0 Å². The molecule has 1 amide bonds. The topological polar surface area (TPSA) is 58.4 Å². The minimum absolute atomic E-state index is 0.133. The van der Waals surface area contributed by atoms with Gasteiger partial charge in [0.05, 0.1) is 5.92 Å². The molecule has 0 bridgehead atoms. The number of carbonyl (C=O) groups is 1. The van der Waals surface area contributed by atoms with E-state index >= 15 is 0 Å². The second kappa shape index (κ2) is 9.23. The van der Waals surface area contributed by atoms with Crippen molar-refractivity contribution >= 4 is 17.3 Å². The number of carbonyl (C=O) groups excluding carboxylic acids is 1. The molecule has 1 saturated heterocycles. The molecule has 1 unspecified atom stereocenters. The molecule has 1 fully saturated rings. The first-order valence-corrected chi connectivity index (χ1v) is 8.83. The third kappa shape index (κ3) is 5.91. The molecule has 3 rings (SSSR count). The lowest BCUT2D eigenvalue weighted by atomic mass is 9.97. The van der Waals surface area contributed by atoms with Gasteiger partial charge in [-0.3, -0.25) is 4.79 Å². The Bertz CT molecular complexity index is 678. The molecule has 0 aromatic heterocycles. The summed E-state index contributed by atoms with van der Waals surface area (Å²) in [6.45, 7) is 5.99. The van der Waals surface area contributed by atoms with Gasteiger partial charge in [0.1, 0.15) is 0 Å². The number of piperidine rings is 1. The SMILES string of the molecule is Cc1ccccc1N.Cc1ccccc1NC(=O)C1CCCN(C)C1. The van der Waals surface area contributed by atoms with Crippen LogP contribution in [0, 0.1) is 19.8 Å². The Kier molecular flexibility index (Phi) is 7.02. The van der Waals surface area contributed by atoms with Gasteiger partial charge in [0, 0.05) is 17.9 Å². The van der Waals surface area contributed by atoms with Crippen LogP contribution in [0.25, 0.3) is 0 Å². The van der Waals surface area contributed by atoms with Crippen LogP contribution in [0.1, 0.15) is 24.0 Å². The van der Waals surface area contributed by atoms with Crippen LogP contribution in [-0.2, 0) is 4.79 Å². The Labute approximate surface area is 151 Å². The number of nitrogens with zero attached hydrogens (tertiary/aromatic N) is 1. The smallest absolute Gasteiger partial charge is 0.228 e. The lowest BCUT2D eigenvalue weighted by Crippen LogP contribution is -2.38. The van der Waals surface area contributed by atoms with Crippen molar-refractivity contribution in [2.75, 3.05) is 31.2 Å². The minimum atomic E-state index is 0.133. The number of anilines is 2. The first kappa shape index (κ1) is 19.0. The molecule has 0 aliphatic carbocycles. The Morgan fingerprint density at radius 1 is 1.08 bits per heavy atom. The van der Waals surface area contributed by atoms with Crippen LogP contribution < -0.4 is 11.1 Å². The monoisotopic (exact) mass is 339 g/mol. The quantitative estimate of drug-likeness (QED) is 0.817. The van der Waals surface area contributed by atoms with Crippen molar-refractivity contribution < 1.29 is 4.79 Å². The number of para-hydroxylation sites is 2. The number of benzene rings is 2. The van der Waals surface area contributed by atoms with Crippen molar-refractivity contribution in [1.82, 2.24) is 4.90 Å². The maximum atomic E-state index is 12.1. The van der Waals surface area contributed by atoms with Crippen LogP contribution in [-0.4, -0.2) is 30.9 Å². The molecule has 4 nitrogen and oxygen atoms in total. The van der Waals surface area contributed by atoms with E-state index in [9.17, 15) is 4.79 Å². The van der Waals surface area contributed by atoms with Gasteiger partial charge in [0.2, 0.25) is 5.91 Å². The highest BCUT2D eigenvalue weighted by Crippen LogP contribution is 2.19. The second-order valence-electron chi connectivity index (χ2n) is 6.76. The minimum Gasteiger partial charge on any atom is -0.399 e. The predicted octanol–water partition coefficient (Wildman–Crippen LogP) is 3.85. The molecule has 1 atom stereocenters. The summed E-state index contributed by atoms with van der Waals surface area (Å²) in [5, 5.41) is 3.03. The number of likely N-dealkylation sites (tertiary alicyclic amines) is 1. The molecule has 1 heterocycles.